The fourth-order valence-electron chi connectivity index (χ4n) is 2.44. The maximum absolute atomic E-state index is 6.23. The molecule has 130 valence electrons. The first kappa shape index (κ1) is 16.1. The number of ether oxygens (including phenoxy) is 1. The number of nitrogens with zero attached hydrogens (tertiary/aromatic N) is 3. The molecule has 0 fully saturated rings. The Morgan fingerprint density at radius 3 is 2.54 bits per heavy atom. The number of benzene rings is 2. The number of fused-ring (bicyclic) bond motifs is 1. The second-order valence-electron chi connectivity index (χ2n) is 5.45. The standard InChI is InChI=1S/C18H16N6OS/c1-25-12-7-8-13-14(9-12)26-18(23-13)24-17-15(19)16(20-10-21-17)22-11-5-3-2-4-6-11/h2-10H,19H2,1H3,(H2,20,21,22,23,24). The number of para-hydroxylation sites is 1. The number of aromatic nitrogens is 3. The Hall–Kier alpha value is -3.39. The third kappa shape index (κ3) is 3.22. The van der Waals surface area contributed by atoms with Crippen molar-refractivity contribution in [3.05, 3.63) is 54.9 Å². The quantitative estimate of drug-likeness (QED) is 0.489. The Kier molecular flexibility index (Phi) is 4.24. The van der Waals surface area contributed by atoms with Crippen molar-refractivity contribution in [2.24, 2.45) is 0 Å². The topological polar surface area (TPSA) is 98.0 Å². The highest BCUT2D eigenvalue weighted by Gasteiger charge is 2.11. The second kappa shape index (κ2) is 6.85. The maximum Gasteiger partial charge on any atom is 0.189 e. The lowest BCUT2D eigenvalue weighted by Crippen LogP contribution is -2.05. The molecule has 0 bridgehead atoms. The number of hydrogen-bond donors (Lipinski definition) is 3. The lowest BCUT2D eigenvalue weighted by Gasteiger charge is -2.11. The molecular formula is C18H16N6OS. The molecule has 4 N–H and O–H groups in total. The molecule has 0 atom stereocenters. The van der Waals surface area contributed by atoms with Crippen LogP contribution in [0.1, 0.15) is 0 Å². The zero-order chi connectivity index (χ0) is 17.9. The Morgan fingerprint density at radius 2 is 1.77 bits per heavy atom. The van der Waals surface area contributed by atoms with E-state index in [1.807, 2.05) is 48.5 Å². The van der Waals surface area contributed by atoms with Gasteiger partial charge >= 0.3 is 0 Å². The first-order valence-corrected chi connectivity index (χ1v) is 8.69. The molecule has 2 aromatic carbocycles. The molecule has 0 unspecified atom stereocenters. The van der Waals surface area contributed by atoms with Gasteiger partial charge in [0.1, 0.15) is 17.8 Å². The van der Waals surface area contributed by atoms with E-state index in [9.17, 15) is 0 Å². The molecule has 0 amide bonds. The molecule has 0 aliphatic heterocycles. The van der Waals surface area contributed by atoms with Crippen LogP contribution in [0.15, 0.2) is 54.9 Å². The fraction of sp³-hybridized carbons (Fsp3) is 0.0556. The van der Waals surface area contributed by atoms with E-state index in [2.05, 4.69) is 25.6 Å². The molecule has 8 heteroatoms. The minimum absolute atomic E-state index is 0.424. The summed E-state index contributed by atoms with van der Waals surface area (Å²) >= 11 is 1.50. The number of rotatable bonds is 5. The zero-order valence-electron chi connectivity index (χ0n) is 13.9. The number of nitrogens with one attached hydrogen (secondary N) is 2. The highest BCUT2D eigenvalue weighted by atomic mass is 32.1. The minimum atomic E-state index is 0.424. The van der Waals surface area contributed by atoms with E-state index in [1.165, 1.54) is 17.7 Å². The number of nitrogens with two attached hydrogens (primary N) is 1. The number of anilines is 5. The van der Waals surface area contributed by atoms with Crippen LogP contribution in [0.25, 0.3) is 10.2 Å². The van der Waals surface area contributed by atoms with Gasteiger partial charge in [-0.15, -0.1) is 0 Å². The summed E-state index contributed by atoms with van der Waals surface area (Å²) in [6.07, 6.45) is 1.46. The molecule has 0 radical (unpaired) electrons. The molecule has 26 heavy (non-hydrogen) atoms. The van der Waals surface area contributed by atoms with Crippen LogP contribution in [-0.2, 0) is 0 Å². The van der Waals surface area contributed by atoms with Crippen LogP contribution >= 0.6 is 11.3 Å². The van der Waals surface area contributed by atoms with Gasteiger partial charge in [0, 0.05) is 5.69 Å². The highest BCUT2D eigenvalue weighted by Crippen LogP contribution is 2.33. The predicted molar refractivity (Wildman–Crippen MR) is 106 cm³/mol. The van der Waals surface area contributed by atoms with E-state index < -0.39 is 0 Å². The maximum atomic E-state index is 6.23. The first-order chi connectivity index (χ1) is 12.7. The van der Waals surface area contributed by atoms with Crippen LogP contribution in [-0.4, -0.2) is 22.1 Å². The molecule has 0 saturated heterocycles. The fourth-order valence-corrected chi connectivity index (χ4v) is 3.33. The molecule has 0 aliphatic rings. The van der Waals surface area contributed by atoms with Crippen LogP contribution in [0.4, 0.5) is 28.1 Å². The van der Waals surface area contributed by atoms with Gasteiger partial charge in [-0.2, -0.15) is 0 Å². The third-order valence-corrected chi connectivity index (χ3v) is 4.67. The summed E-state index contributed by atoms with van der Waals surface area (Å²) in [4.78, 5) is 13.0. The summed E-state index contributed by atoms with van der Waals surface area (Å²) in [7, 11) is 1.64. The zero-order valence-corrected chi connectivity index (χ0v) is 14.7. The van der Waals surface area contributed by atoms with Crippen molar-refractivity contribution < 1.29 is 4.74 Å². The number of nitrogen functional groups attached to an aromatic ring is 1. The van der Waals surface area contributed by atoms with Crippen molar-refractivity contribution in [2.45, 2.75) is 0 Å². The Morgan fingerprint density at radius 1 is 1.00 bits per heavy atom. The number of hydrogen-bond acceptors (Lipinski definition) is 8. The third-order valence-electron chi connectivity index (χ3n) is 3.74. The Labute approximate surface area is 153 Å². The van der Waals surface area contributed by atoms with Crippen molar-refractivity contribution >= 4 is 49.7 Å². The van der Waals surface area contributed by atoms with Crippen molar-refractivity contribution in [1.29, 1.82) is 0 Å². The molecule has 0 aliphatic carbocycles. The summed E-state index contributed by atoms with van der Waals surface area (Å²) in [5.74, 6) is 1.84. The SMILES string of the molecule is COc1ccc2nc(Nc3ncnc(Nc4ccccc4)c3N)sc2c1. The van der Waals surface area contributed by atoms with Crippen molar-refractivity contribution in [3.63, 3.8) is 0 Å². The van der Waals surface area contributed by atoms with E-state index in [-0.39, 0.29) is 0 Å². The van der Waals surface area contributed by atoms with Gasteiger partial charge in [-0.25, -0.2) is 15.0 Å². The second-order valence-corrected chi connectivity index (χ2v) is 6.48. The lowest BCUT2D eigenvalue weighted by molar-refractivity contribution is 0.415. The average molecular weight is 364 g/mol. The summed E-state index contributed by atoms with van der Waals surface area (Å²) in [5.41, 5.74) is 8.43. The van der Waals surface area contributed by atoms with Gasteiger partial charge in [0.15, 0.2) is 16.8 Å². The summed E-state index contributed by atoms with van der Waals surface area (Å²) < 4.78 is 6.27. The van der Waals surface area contributed by atoms with Crippen LogP contribution < -0.4 is 21.1 Å². The lowest BCUT2D eigenvalue weighted by atomic mass is 10.3. The molecule has 0 spiro atoms. The molecule has 4 aromatic rings. The van der Waals surface area contributed by atoms with Gasteiger partial charge in [0.25, 0.3) is 0 Å². The van der Waals surface area contributed by atoms with E-state index in [0.717, 1.165) is 21.7 Å². The normalized spacial score (nSPS) is 10.7. The molecule has 7 nitrogen and oxygen atoms in total. The van der Waals surface area contributed by atoms with E-state index in [0.29, 0.717) is 22.5 Å². The highest BCUT2D eigenvalue weighted by molar-refractivity contribution is 7.22. The van der Waals surface area contributed by atoms with E-state index in [1.54, 1.807) is 7.11 Å². The van der Waals surface area contributed by atoms with Gasteiger partial charge in [-0.05, 0) is 30.3 Å². The number of thiazole rings is 1. The Balaban J connectivity index is 1.61. The van der Waals surface area contributed by atoms with Gasteiger partial charge in [-0.1, -0.05) is 29.5 Å². The van der Waals surface area contributed by atoms with Crippen LogP contribution in [0.3, 0.4) is 0 Å². The summed E-state index contributed by atoms with van der Waals surface area (Å²) in [5, 5.41) is 7.06. The molecule has 4 rings (SSSR count). The van der Waals surface area contributed by atoms with Crippen molar-refractivity contribution in [3.8, 4) is 5.75 Å². The predicted octanol–water partition coefficient (Wildman–Crippen LogP) is 4.16. The first-order valence-electron chi connectivity index (χ1n) is 7.87. The van der Waals surface area contributed by atoms with Crippen LogP contribution in [0, 0.1) is 0 Å². The average Bonchev–Trinajstić information content (AvgIpc) is 3.07. The van der Waals surface area contributed by atoms with Crippen molar-refractivity contribution in [1.82, 2.24) is 15.0 Å². The molecule has 2 heterocycles. The largest absolute Gasteiger partial charge is 0.497 e. The smallest absolute Gasteiger partial charge is 0.189 e. The molecular weight excluding hydrogens is 348 g/mol. The number of methoxy groups -OCH3 is 1. The summed E-state index contributed by atoms with van der Waals surface area (Å²) in [6, 6.07) is 15.5. The van der Waals surface area contributed by atoms with Gasteiger partial charge < -0.3 is 21.1 Å². The molecule has 0 saturated carbocycles. The minimum Gasteiger partial charge on any atom is -0.497 e. The monoisotopic (exact) mass is 364 g/mol. The summed E-state index contributed by atoms with van der Waals surface area (Å²) in [6.45, 7) is 0. The van der Waals surface area contributed by atoms with E-state index in [4.69, 9.17) is 10.5 Å². The van der Waals surface area contributed by atoms with Gasteiger partial charge in [0.05, 0.1) is 17.3 Å². The van der Waals surface area contributed by atoms with Gasteiger partial charge in [0.2, 0.25) is 0 Å². The van der Waals surface area contributed by atoms with Crippen LogP contribution in [0.2, 0.25) is 0 Å². The van der Waals surface area contributed by atoms with Crippen molar-refractivity contribution in [2.75, 3.05) is 23.5 Å². The molecule has 2 aromatic heterocycles. The van der Waals surface area contributed by atoms with Crippen LogP contribution in [0.5, 0.6) is 5.75 Å². The Bertz CT molecular complexity index is 1050. The van der Waals surface area contributed by atoms with Gasteiger partial charge in [-0.3, -0.25) is 0 Å². The van der Waals surface area contributed by atoms with E-state index >= 15 is 0 Å².